The minimum Gasteiger partial charge on any atom is -0.329 e. The molecule has 3 atom stereocenters. The van der Waals surface area contributed by atoms with E-state index in [4.69, 9.17) is 17.3 Å². The smallest absolute Gasteiger partial charge is 0.0931 e. The Morgan fingerprint density at radius 1 is 1.26 bits per heavy atom. The van der Waals surface area contributed by atoms with Gasteiger partial charge < -0.3 is 5.73 Å². The van der Waals surface area contributed by atoms with Crippen LogP contribution in [0.4, 0.5) is 0 Å². The van der Waals surface area contributed by atoms with E-state index in [-0.39, 0.29) is 0 Å². The lowest BCUT2D eigenvalue weighted by Gasteiger charge is -2.44. The molecule has 1 aromatic heterocycles. The van der Waals surface area contributed by atoms with Crippen molar-refractivity contribution in [1.82, 2.24) is 4.90 Å². The summed E-state index contributed by atoms with van der Waals surface area (Å²) in [4.78, 5) is 3.94. The quantitative estimate of drug-likeness (QED) is 0.916. The SMILES string of the molecule is NCC(c1ccc(Cl)s1)N1CCC2CCCCC2C1. The van der Waals surface area contributed by atoms with Gasteiger partial charge in [-0.05, 0) is 43.4 Å². The van der Waals surface area contributed by atoms with Gasteiger partial charge in [-0.2, -0.15) is 0 Å². The number of piperidine rings is 1. The molecule has 1 saturated carbocycles. The first-order valence-corrected chi connectivity index (χ1v) is 8.66. The molecule has 0 aromatic carbocycles. The molecule has 4 heteroatoms. The van der Waals surface area contributed by atoms with E-state index in [0.717, 1.165) is 16.2 Å². The Hall–Kier alpha value is -0.0900. The number of likely N-dealkylation sites (tertiary alicyclic amines) is 1. The fourth-order valence-electron chi connectivity index (χ4n) is 3.86. The molecule has 0 spiro atoms. The van der Waals surface area contributed by atoms with E-state index in [1.807, 2.05) is 6.07 Å². The Balaban J connectivity index is 1.70. The monoisotopic (exact) mass is 298 g/mol. The predicted octanol–water partition coefficient (Wildman–Crippen LogP) is 3.91. The average molecular weight is 299 g/mol. The molecule has 1 aliphatic heterocycles. The van der Waals surface area contributed by atoms with E-state index in [2.05, 4.69) is 11.0 Å². The number of hydrogen-bond donors (Lipinski definition) is 1. The standard InChI is InChI=1S/C15H23ClN2S/c16-15-6-5-14(19-15)13(9-17)18-8-7-11-3-1-2-4-12(11)10-18/h5-6,11-13H,1-4,7-10,17H2. The van der Waals surface area contributed by atoms with E-state index in [9.17, 15) is 0 Å². The lowest BCUT2D eigenvalue weighted by atomic mass is 9.75. The first kappa shape index (κ1) is 13.9. The third kappa shape index (κ3) is 2.99. The molecule has 2 aliphatic rings. The highest BCUT2D eigenvalue weighted by molar-refractivity contribution is 7.16. The average Bonchev–Trinajstić information content (AvgIpc) is 2.86. The topological polar surface area (TPSA) is 29.3 Å². The summed E-state index contributed by atoms with van der Waals surface area (Å²) < 4.78 is 0.876. The highest BCUT2D eigenvalue weighted by Gasteiger charge is 2.34. The summed E-state index contributed by atoms with van der Waals surface area (Å²) in [6, 6.07) is 4.52. The summed E-state index contributed by atoms with van der Waals surface area (Å²) in [6.07, 6.45) is 7.11. The third-order valence-electron chi connectivity index (χ3n) is 4.91. The Kier molecular flexibility index (Phi) is 4.47. The maximum atomic E-state index is 6.07. The summed E-state index contributed by atoms with van der Waals surface area (Å²) in [7, 11) is 0. The molecular formula is C15H23ClN2S. The fraction of sp³-hybridized carbons (Fsp3) is 0.733. The van der Waals surface area contributed by atoms with Gasteiger partial charge in [-0.3, -0.25) is 4.90 Å². The third-order valence-corrected chi connectivity index (χ3v) is 6.24. The first-order valence-electron chi connectivity index (χ1n) is 7.47. The van der Waals surface area contributed by atoms with E-state index in [1.54, 1.807) is 11.3 Å². The van der Waals surface area contributed by atoms with Crippen LogP contribution in [0.1, 0.15) is 43.0 Å². The molecule has 106 valence electrons. The zero-order valence-electron chi connectivity index (χ0n) is 11.4. The molecule has 19 heavy (non-hydrogen) atoms. The highest BCUT2D eigenvalue weighted by Crippen LogP contribution is 2.39. The molecule has 2 fully saturated rings. The summed E-state index contributed by atoms with van der Waals surface area (Å²) in [5, 5.41) is 0. The minimum absolute atomic E-state index is 0.375. The summed E-state index contributed by atoms with van der Waals surface area (Å²) >= 11 is 7.76. The number of halogens is 1. The second kappa shape index (κ2) is 6.13. The molecule has 2 nitrogen and oxygen atoms in total. The maximum Gasteiger partial charge on any atom is 0.0931 e. The number of nitrogens with two attached hydrogens (primary N) is 1. The number of rotatable bonds is 3. The van der Waals surface area contributed by atoms with Crippen molar-refractivity contribution in [3.63, 3.8) is 0 Å². The lowest BCUT2D eigenvalue weighted by molar-refractivity contribution is 0.0596. The van der Waals surface area contributed by atoms with Crippen LogP contribution < -0.4 is 5.73 Å². The Bertz CT molecular complexity index is 420. The van der Waals surface area contributed by atoms with Gasteiger partial charge in [0.25, 0.3) is 0 Å². The van der Waals surface area contributed by atoms with Crippen LogP contribution >= 0.6 is 22.9 Å². The van der Waals surface area contributed by atoms with Gasteiger partial charge in [-0.15, -0.1) is 11.3 Å². The summed E-state index contributed by atoms with van der Waals surface area (Å²) in [5.41, 5.74) is 6.03. The number of thiophene rings is 1. The molecule has 1 aromatic rings. The van der Waals surface area contributed by atoms with Crippen LogP contribution in [0, 0.1) is 11.8 Å². The van der Waals surface area contributed by atoms with Gasteiger partial charge in [-0.25, -0.2) is 0 Å². The zero-order chi connectivity index (χ0) is 13.2. The molecule has 1 aliphatic carbocycles. The van der Waals surface area contributed by atoms with Crippen molar-refractivity contribution < 1.29 is 0 Å². The van der Waals surface area contributed by atoms with Crippen LogP contribution in [0.3, 0.4) is 0 Å². The van der Waals surface area contributed by atoms with Gasteiger partial charge in [-0.1, -0.05) is 30.9 Å². The maximum absolute atomic E-state index is 6.07. The van der Waals surface area contributed by atoms with Crippen molar-refractivity contribution in [2.24, 2.45) is 17.6 Å². The van der Waals surface area contributed by atoms with Crippen LogP contribution in [0.25, 0.3) is 0 Å². The molecular weight excluding hydrogens is 276 g/mol. The second-order valence-electron chi connectivity index (χ2n) is 5.98. The van der Waals surface area contributed by atoms with Gasteiger partial charge in [0.05, 0.1) is 10.4 Å². The van der Waals surface area contributed by atoms with Gasteiger partial charge >= 0.3 is 0 Å². The van der Waals surface area contributed by atoms with Crippen molar-refractivity contribution in [2.75, 3.05) is 19.6 Å². The number of fused-ring (bicyclic) bond motifs is 1. The first-order chi connectivity index (χ1) is 9.28. The fourth-order valence-corrected chi connectivity index (χ4v) is 5.07. The largest absolute Gasteiger partial charge is 0.329 e. The van der Waals surface area contributed by atoms with Crippen LogP contribution in [0.2, 0.25) is 4.34 Å². The van der Waals surface area contributed by atoms with E-state index < -0.39 is 0 Å². The molecule has 2 N–H and O–H groups in total. The Morgan fingerprint density at radius 2 is 2.05 bits per heavy atom. The molecule has 1 saturated heterocycles. The number of nitrogens with zero attached hydrogens (tertiary/aromatic N) is 1. The van der Waals surface area contributed by atoms with Crippen molar-refractivity contribution in [1.29, 1.82) is 0 Å². The minimum atomic E-state index is 0.375. The van der Waals surface area contributed by atoms with Crippen LogP contribution in [-0.4, -0.2) is 24.5 Å². The normalized spacial score (nSPS) is 30.0. The van der Waals surface area contributed by atoms with Crippen LogP contribution in [0.5, 0.6) is 0 Å². The van der Waals surface area contributed by atoms with E-state index in [0.29, 0.717) is 12.6 Å². The Morgan fingerprint density at radius 3 is 2.74 bits per heavy atom. The van der Waals surface area contributed by atoms with Gasteiger partial charge in [0.15, 0.2) is 0 Å². The van der Waals surface area contributed by atoms with E-state index in [1.165, 1.54) is 50.1 Å². The van der Waals surface area contributed by atoms with Crippen molar-refractivity contribution in [3.8, 4) is 0 Å². The van der Waals surface area contributed by atoms with Gasteiger partial charge in [0.1, 0.15) is 0 Å². The molecule has 0 bridgehead atoms. The molecule has 3 rings (SSSR count). The van der Waals surface area contributed by atoms with Crippen molar-refractivity contribution in [2.45, 2.75) is 38.1 Å². The van der Waals surface area contributed by atoms with Crippen molar-refractivity contribution >= 4 is 22.9 Å². The van der Waals surface area contributed by atoms with Gasteiger partial charge in [0.2, 0.25) is 0 Å². The Labute approximate surface area is 124 Å². The summed E-state index contributed by atoms with van der Waals surface area (Å²) in [5.74, 6) is 1.89. The summed E-state index contributed by atoms with van der Waals surface area (Å²) in [6.45, 7) is 3.15. The van der Waals surface area contributed by atoms with Crippen molar-refractivity contribution in [3.05, 3.63) is 21.3 Å². The van der Waals surface area contributed by atoms with Crippen LogP contribution in [0.15, 0.2) is 12.1 Å². The van der Waals surface area contributed by atoms with Crippen LogP contribution in [-0.2, 0) is 0 Å². The molecule has 3 unspecified atom stereocenters. The number of hydrogen-bond acceptors (Lipinski definition) is 3. The zero-order valence-corrected chi connectivity index (χ0v) is 12.9. The molecule has 2 heterocycles. The second-order valence-corrected chi connectivity index (χ2v) is 7.73. The lowest BCUT2D eigenvalue weighted by Crippen LogP contribution is -2.45. The van der Waals surface area contributed by atoms with E-state index >= 15 is 0 Å². The predicted molar refractivity (Wildman–Crippen MR) is 82.8 cm³/mol. The molecule has 0 radical (unpaired) electrons. The van der Waals surface area contributed by atoms with Gasteiger partial charge in [0, 0.05) is 18.0 Å². The molecule has 0 amide bonds. The highest BCUT2D eigenvalue weighted by atomic mass is 35.5.